The van der Waals surface area contributed by atoms with Gasteiger partial charge >= 0.3 is 5.97 Å². The zero-order valence-electron chi connectivity index (χ0n) is 9.73. The van der Waals surface area contributed by atoms with E-state index in [2.05, 4.69) is 4.98 Å². The van der Waals surface area contributed by atoms with Crippen LogP contribution < -0.4 is 0 Å². The minimum absolute atomic E-state index is 0.191. The molecule has 0 saturated carbocycles. The monoisotopic (exact) mass is 247 g/mol. The molecule has 0 spiro atoms. The average molecular weight is 247 g/mol. The lowest BCUT2D eigenvalue weighted by atomic mass is 10.1. The second-order valence-corrected chi connectivity index (χ2v) is 4.85. The molecule has 0 atom stereocenters. The summed E-state index contributed by atoms with van der Waals surface area (Å²) in [4.78, 5) is 16.1. The molecule has 0 radical (unpaired) electrons. The van der Waals surface area contributed by atoms with Gasteiger partial charge in [-0.2, -0.15) is 0 Å². The number of nitrogens with zero attached hydrogens (tertiary/aromatic N) is 1. The number of hydrogen-bond acceptors (Lipinski definition) is 3. The molecule has 1 N–H and O–H groups in total. The number of hydrogen-bond donors (Lipinski definition) is 1. The summed E-state index contributed by atoms with van der Waals surface area (Å²) in [5.41, 5.74) is 2.32. The highest BCUT2D eigenvalue weighted by atomic mass is 32.1. The van der Waals surface area contributed by atoms with E-state index in [0.29, 0.717) is 6.42 Å². The molecule has 4 heteroatoms. The average Bonchev–Trinajstić information content (AvgIpc) is 2.73. The summed E-state index contributed by atoms with van der Waals surface area (Å²) in [6, 6.07) is 7.88. The summed E-state index contributed by atoms with van der Waals surface area (Å²) in [5, 5.41) is 9.86. The third-order valence-corrected chi connectivity index (χ3v) is 3.83. The fourth-order valence-corrected chi connectivity index (χ4v) is 2.77. The van der Waals surface area contributed by atoms with Crippen molar-refractivity contribution < 1.29 is 9.90 Å². The third-order valence-electron chi connectivity index (χ3n) is 2.60. The van der Waals surface area contributed by atoms with Crippen LogP contribution in [0.2, 0.25) is 0 Å². The van der Waals surface area contributed by atoms with Crippen molar-refractivity contribution in [3.63, 3.8) is 0 Å². The molecule has 2 rings (SSSR count). The Morgan fingerprint density at radius 3 is 2.65 bits per heavy atom. The number of carboxylic acid groups (broad SMARTS) is 1. The number of aryl methyl sites for hydroxylation is 2. The fourth-order valence-electron chi connectivity index (χ4n) is 1.69. The number of aromatic nitrogens is 1. The van der Waals surface area contributed by atoms with Crippen LogP contribution in [0.3, 0.4) is 0 Å². The first-order valence-corrected chi connectivity index (χ1v) is 6.24. The van der Waals surface area contributed by atoms with Crippen molar-refractivity contribution in [3.05, 3.63) is 40.4 Å². The van der Waals surface area contributed by atoms with Crippen molar-refractivity contribution in [2.45, 2.75) is 20.3 Å². The van der Waals surface area contributed by atoms with Crippen molar-refractivity contribution in [3.8, 4) is 10.6 Å². The molecule has 3 nitrogen and oxygen atoms in total. The minimum Gasteiger partial charge on any atom is -0.476 e. The first kappa shape index (κ1) is 11.8. The first-order chi connectivity index (χ1) is 8.13. The van der Waals surface area contributed by atoms with E-state index in [1.54, 1.807) is 0 Å². The topological polar surface area (TPSA) is 50.2 Å². The molecular weight excluding hydrogens is 234 g/mol. The van der Waals surface area contributed by atoms with Crippen LogP contribution >= 0.6 is 11.3 Å². The van der Waals surface area contributed by atoms with Gasteiger partial charge in [0.1, 0.15) is 5.01 Å². The number of benzene rings is 1. The Morgan fingerprint density at radius 1 is 1.41 bits per heavy atom. The molecule has 0 aliphatic heterocycles. The largest absolute Gasteiger partial charge is 0.476 e. The van der Waals surface area contributed by atoms with Gasteiger partial charge in [-0.3, -0.25) is 0 Å². The SMILES string of the molecule is CCc1sc(-c2ccccc2C)nc1C(=O)O. The van der Waals surface area contributed by atoms with Gasteiger partial charge in [-0.15, -0.1) is 11.3 Å². The number of carbonyl (C=O) groups is 1. The molecule has 17 heavy (non-hydrogen) atoms. The molecule has 0 unspecified atom stereocenters. The van der Waals surface area contributed by atoms with Crippen molar-refractivity contribution in [2.75, 3.05) is 0 Å². The van der Waals surface area contributed by atoms with Gasteiger partial charge in [0.2, 0.25) is 0 Å². The molecule has 0 bridgehead atoms. The van der Waals surface area contributed by atoms with E-state index in [0.717, 1.165) is 21.0 Å². The summed E-state index contributed by atoms with van der Waals surface area (Å²) >= 11 is 1.46. The third kappa shape index (κ3) is 2.22. The molecule has 0 fully saturated rings. The Bertz CT molecular complexity index is 560. The van der Waals surface area contributed by atoms with E-state index < -0.39 is 5.97 Å². The van der Waals surface area contributed by atoms with Crippen molar-refractivity contribution >= 4 is 17.3 Å². The van der Waals surface area contributed by atoms with Crippen LogP contribution in [0, 0.1) is 6.92 Å². The fraction of sp³-hybridized carbons (Fsp3) is 0.231. The van der Waals surface area contributed by atoms with Crippen molar-refractivity contribution in [1.29, 1.82) is 0 Å². The Morgan fingerprint density at radius 2 is 2.12 bits per heavy atom. The molecule has 2 aromatic rings. The number of aromatic carboxylic acids is 1. The summed E-state index contributed by atoms with van der Waals surface area (Å²) in [7, 11) is 0. The predicted molar refractivity (Wildman–Crippen MR) is 68.6 cm³/mol. The smallest absolute Gasteiger partial charge is 0.355 e. The lowest BCUT2D eigenvalue weighted by Gasteiger charge is -1.99. The molecule has 0 amide bonds. The van der Waals surface area contributed by atoms with E-state index in [-0.39, 0.29) is 5.69 Å². The number of rotatable bonds is 3. The second kappa shape index (κ2) is 4.67. The molecule has 1 aromatic carbocycles. The van der Waals surface area contributed by atoms with Gasteiger partial charge in [0, 0.05) is 10.4 Å². The zero-order valence-corrected chi connectivity index (χ0v) is 10.5. The maximum absolute atomic E-state index is 11.1. The van der Waals surface area contributed by atoms with Crippen LogP contribution in [0.25, 0.3) is 10.6 Å². The standard InChI is InChI=1S/C13H13NO2S/c1-3-10-11(13(15)16)14-12(17-10)9-7-5-4-6-8(9)2/h4-7H,3H2,1-2H3,(H,15,16). The van der Waals surface area contributed by atoms with Gasteiger partial charge in [0.15, 0.2) is 5.69 Å². The van der Waals surface area contributed by atoms with Crippen LogP contribution in [-0.4, -0.2) is 16.1 Å². The predicted octanol–water partition coefficient (Wildman–Crippen LogP) is 3.38. The summed E-state index contributed by atoms with van der Waals surface area (Å²) in [5.74, 6) is -0.946. The van der Waals surface area contributed by atoms with Gasteiger partial charge in [-0.25, -0.2) is 9.78 Å². The Labute approximate surface area is 104 Å². The van der Waals surface area contributed by atoms with E-state index in [9.17, 15) is 4.79 Å². The van der Waals surface area contributed by atoms with Crippen LogP contribution in [0.15, 0.2) is 24.3 Å². The van der Waals surface area contributed by atoms with Crippen LogP contribution in [0.1, 0.15) is 27.9 Å². The molecule has 88 valence electrons. The van der Waals surface area contributed by atoms with Crippen LogP contribution in [0.4, 0.5) is 0 Å². The van der Waals surface area contributed by atoms with Gasteiger partial charge in [0.25, 0.3) is 0 Å². The van der Waals surface area contributed by atoms with Crippen LogP contribution in [-0.2, 0) is 6.42 Å². The molecule has 0 saturated heterocycles. The maximum Gasteiger partial charge on any atom is 0.355 e. The Balaban J connectivity index is 2.54. The van der Waals surface area contributed by atoms with Crippen LogP contribution in [0.5, 0.6) is 0 Å². The van der Waals surface area contributed by atoms with Gasteiger partial charge in [-0.05, 0) is 18.9 Å². The van der Waals surface area contributed by atoms with E-state index in [4.69, 9.17) is 5.11 Å². The maximum atomic E-state index is 11.1. The Hall–Kier alpha value is -1.68. The van der Waals surface area contributed by atoms with Gasteiger partial charge in [-0.1, -0.05) is 31.2 Å². The van der Waals surface area contributed by atoms with E-state index >= 15 is 0 Å². The molecular formula is C13H13NO2S. The van der Waals surface area contributed by atoms with E-state index in [1.807, 2.05) is 38.1 Å². The molecule has 0 aliphatic rings. The highest BCUT2D eigenvalue weighted by Crippen LogP contribution is 2.30. The Kier molecular flexibility index (Phi) is 3.24. The molecule has 0 aliphatic carbocycles. The quantitative estimate of drug-likeness (QED) is 0.904. The molecule has 1 heterocycles. The number of thiazole rings is 1. The lowest BCUT2D eigenvalue weighted by Crippen LogP contribution is -2.00. The molecule has 1 aromatic heterocycles. The number of carboxylic acids is 1. The van der Waals surface area contributed by atoms with E-state index in [1.165, 1.54) is 11.3 Å². The van der Waals surface area contributed by atoms with Crippen molar-refractivity contribution in [1.82, 2.24) is 4.98 Å². The normalized spacial score (nSPS) is 10.5. The lowest BCUT2D eigenvalue weighted by molar-refractivity contribution is 0.0690. The summed E-state index contributed by atoms with van der Waals surface area (Å²) in [6.07, 6.45) is 0.700. The summed E-state index contributed by atoms with van der Waals surface area (Å²) < 4.78 is 0. The minimum atomic E-state index is -0.946. The zero-order chi connectivity index (χ0) is 12.4. The second-order valence-electron chi connectivity index (χ2n) is 3.76. The highest BCUT2D eigenvalue weighted by Gasteiger charge is 2.17. The first-order valence-electron chi connectivity index (χ1n) is 5.42. The van der Waals surface area contributed by atoms with Crippen molar-refractivity contribution in [2.24, 2.45) is 0 Å². The highest BCUT2D eigenvalue weighted by molar-refractivity contribution is 7.15. The van der Waals surface area contributed by atoms with Gasteiger partial charge in [0.05, 0.1) is 0 Å². The summed E-state index contributed by atoms with van der Waals surface area (Å²) in [6.45, 7) is 3.95. The van der Waals surface area contributed by atoms with Gasteiger partial charge < -0.3 is 5.11 Å².